The molecule has 5 heteroatoms. The lowest BCUT2D eigenvalue weighted by Gasteiger charge is -2.23. The highest BCUT2D eigenvalue weighted by atomic mass is 16.6. The molecule has 0 unspecified atom stereocenters. The Kier molecular flexibility index (Phi) is 4.56. The molecule has 0 heterocycles. The minimum atomic E-state index is -0.660. The molecule has 0 saturated carbocycles. The molecule has 5 nitrogen and oxygen atoms in total. The van der Waals surface area contributed by atoms with Gasteiger partial charge in [-0.25, -0.2) is 0 Å². The number of rotatable bonds is 4. The van der Waals surface area contributed by atoms with Crippen LogP contribution in [-0.2, 0) is 14.3 Å². The molecule has 14 heavy (non-hydrogen) atoms. The van der Waals surface area contributed by atoms with E-state index >= 15 is 0 Å². The van der Waals surface area contributed by atoms with Crippen molar-refractivity contribution in [3.63, 3.8) is 0 Å². The van der Waals surface area contributed by atoms with E-state index in [2.05, 4.69) is 5.32 Å². The topological polar surface area (TPSA) is 81.4 Å². The minimum Gasteiger partial charge on any atom is -0.459 e. The number of carbonyl (C=O) groups is 2. The van der Waals surface area contributed by atoms with Crippen molar-refractivity contribution in [2.45, 2.75) is 38.8 Å². The van der Waals surface area contributed by atoms with Crippen LogP contribution in [0, 0.1) is 0 Å². The Balaban J connectivity index is 4.25. The van der Waals surface area contributed by atoms with Gasteiger partial charge in [-0.3, -0.25) is 9.59 Å². The number of hydrogen-bond donors (Lipinski definition) is 2. The molecule has 3 N–H and O–H groups in total. The van der Waals surface area contributed by atoms with Gasteiger partial charge in [0.05, 0.1) is 6.42 Å². The maximum atomic E-state index is 11.4. The van der Waals surface area contributed by atoms with Crippen LogP contribution in [0.15, 0.2) is 0 Å². The summed E-state index contributed by atoms with van der Waals surface area (Å²) in [7, 11) is 1.58. The summed E-state index contributed by atoms with van der Waals surface area (Å²) in [4.78, 5) is 22.0. The Hall–Kier alpha value is -1.10. The number of primary amides is 1. The first-order valence-corrected chi connectivity index (χ1v) is 4.44. The van der Waals surface area contributed by atoms with E-state index in [1.165, 1.54) is 0 Å². The second-order valence-corrected chi connectivity index (χ2v) is 4.05. The third kappa shape index (κ3) is 5.53. The van der Waals surface area contributed by atoms with Crippen molar-refractivity contribution in [3.8, 4) is 0 Å². The molecular weight excluding hydrogens is 184 g/mol. The standard InChI is InChI=1S/C9H18N2O3/c1-9(2,3)14-8(13)6(11-4)5-7(10)12/h6,11H,5H2,1-4H3,(H2,10,12)/t6-/m1/s1. The Morgan fingerprint density at radius 1 is 1.43 bits per heavy atom. The minimum absolute atomic E-state index is 0.0502. The zero-order valence-electron chi connectivity index (χ0n) is 9.09. The second kappa shape index (κ2) is 4.95. The summed E-state index contributed by atoms with van der Waals surface area (Å²) in [6, 6.07) is -0.660. The molecule has 0 aromatic heterocycles. The largest absolute Gasteiger partial charge is 0.459 e. The molecule has 0 aromatic rings. The van der Waals surface area contributed by atoms with Gasteiger partial charge in [0, 0.05) is 0 Å². The van der Waals surface area contributed by atoms with Crippen LogP contribution in [0.25, 0.3) is 0 Å². The number of ether oxygens (including phenoxy) is 1. The van der Waals surface area contributed by atoms with Gasteiger partial charge in [0.15, 0.2) is 0 Å². The predicted molar refractivity (Wildman–Crippen MR) is 52.5 cm³/mol. The van der Waals surface area contributed by atoms with Crippen molar-refractivity contribution < 1.29 is 14.3 Å². The number of carbonyl (C=O) groups excluding carboxylic acids is 2. The first kappa shape index (κ1) is 12.9. The molecule has 1 amide bonds. The maximum Gasteiger partial charge on any atom is 0.324 e. The molecule has 0 rings (SSSR count). The van der Waals surface area contributed by atoms with Crippen LogP contribution in [0.2, 0.25) is 0 Å². The van der Waals surface area contributed by atoms with E-state index < -0.39 is 23.5 Å². The zero-order valence-corrected chi connectivity index (χ0v) is 9.09. The highest BCUT2D eigenvalue weighted by Crippen LogP contribution is 2.09. The van der Waals surface area contributed by atoms with Crippen LogP contribution in [0.5, 0.6) is 0 Å². The van der Waals surface area contributed by atoms with Crippen molar-refractivity contribution in [1.29, 1.82) is 0 Å². The molecule has 0 aliphatic heterocycles. The van der Waals surface area contributed by atoms with Crippen LogP contribution >= 0.6 is 0 Å². The fourth-order valence-corrected chi connectivity index (χ4v) is 0.877. The van der Waals surface area contributed by atoms with Gasteiger partial charge in [0.2, 0.25) is 5.91 Å². The molecule has 0 bridgehead atoms. The fraction of sp³-hybridized carbons (Fsp3) is 0.778. The van der Waals surface area contributed by atoms with Gasteiger partial charge in [0.1, 0.15) is 11.6 Å². The van der Waals surface area contributed by atoms with E-state index in [1.807, 2.05) is 0 Å². The summed E-state index contributed by atoms with van der Waals surface area (Å²) in [6.45, 7) is 5.30. The molecule has 1 atom stereocenters. The third-order valence-electron chi connectivity index (χ3n) is 1.45. The van der Waals surface area contributed by atoms with Gasteiger partial charge in [-0.2, -0.15) is 0 Å². The average molecular weight is 202 g/mol. The number of esters is 1. The molecule has 0 saturated heterocycles. The number of hydrogen-bond acceptors (Lipinski definition) is 4. The van der Waals surface area contributed by atoms with Crippen LogP contribution < -0.4 is 11.1 Å². The lowest BCUT2D eigenvalue weighted by molar-refractivity contribution is -0.158. The Labute approximate surface area is 84.0 Å². The lowest BCUT2D eigenvalue weighted by Crippen LogP contribution is -2.42. The molecule has 0 fully saturated rings. The van der Waals surface area contributed by atoms with Crippen molar-refractivity contribution in [1.82, 2.24) is 5.32 Å². The van der Waals surface area contributed by atoms with Gasteiger partial charge in [-0.05, 0) is 27.8 Å². The van der Waals surface area contributed by atoms with Crippen molar-refractivity contribution in [2.24, 2.45) is 5.73 Å². The van der Waals surface area contributed by atoms with Gasteiger partial charge in [-0.15, -0.1) is 0 Å². The van der Waals surface area contributed by atoms with Crippen LogP contribution in [0.3, 0.4) is 0 Å². The van der Waals surface area contributed by atoms with Gasteiger partial charge < -0.3 is 15.8 Å². The van der Waals surface area contributed by atoms with Crippen molar-refractivity contribution in [2.75, 3.05) is 7.05 Å². The van der Waals surface area contributed by atoms with E-state index in [-0.39, 0.29) is 6.42 Å². The summed E-state index contributed by atoms with van der Waals surface area (Å²) in [5.74, 6) is -0.992. The molecule has 82 valence electrons. The molecular formula is C9H18N2O3. The van der Waals surface area contributed by atoms with Gasteiger partial charge in [0.25, 0.3) is 0 Å². The summed E-state index contributed by atoms with van der Waals surface area (Å²) < 4.78 is 5.08. The molecule has 0 aliphatic carbocycles. The van der Waals surface area contributed by atoms with Crippen LogP contribution in [-0.4, -0.2) is 30.6 Å². The van der Waals surface area contributed by atoms with E-state index in [1.54, 1.807) is 27.8 Å². The van der Waals surface area contributed by atoms with E-state index in [4.69, 9.17) is 10.5 Å². The number of amides is 1. The lowest BCUT2D eigenvalue weighted by atomic mass is 10.1. The molecule has 0 spiro atoms. The average Bonchev–Trinajstić information content (AvgIpc) is 1.96. The Morgan fingerprint density at radius 3 is 2.21 bits per heavy atom. The Bertz CT molecular complexity index is 221. The van der Waals surface area contributed by atoms with E-state index in [0.29, 0.717) is 0 Å². The highest BCUT2D eigenvalue weighted by Gasteiger charge is 2.24. The maximum absolute atomic E-state index is 11.4. The van der Waals surface area contributed by atoms with Gasteiger partial charge >= 0.3 is 5.97 Å². The predicted octanol–water partition coefficient (Wildman–Crippen LogP) is -0.208. The normalized spacial score (nSPS) is 13.4. The number of nitrogens with one attached hydrogen (secondary N) is 1. The summed E-state index contributed by atoms with van der Waals surface area (Å²) in [5.41, 5.74) is 4.43. The monoisotopic (exact) mass is 202 g/mol. The Morgan fingerprint density at radius 2 is 1.93 bits per heavy atom. The number of likely N-dealkylation sites (N-methyl/N-ethyl adjacent to an activating group) is 1. The van der Waals surface area contributed by atoms with E-state index in [0.717, 1.165) is 0 Å². The van der Waals surface area contributed by atoms with E-state index in [9.17, 15) is 9.59 Å². The van der Waals surface area contributed by atoms with Crippen LogP contribution in [0.1, 0.15) is 27.2 Å². The third-order valence-corrected chi connectivity index (χ3v) is 1.45. The summed E-state index contributed by atoms with van der Waals surface area (Å²) in [6.07, 6.45) is -0.0502. The van der Waals surface area contributed by atoms with Crippen molar-refractivity contribution >= 4 is 11.9 Å². The SMILES string of the molecule is CN[C@H](CC(N)=O)C(=O)OC(C)(C)C. The van der Waals surface area contributed by atoms with Crippen molar-refractivity contribution in [3.05, 3.63) is 0 Å². The smallest absolute Gasteiger partial charge is 0.324 e. The molecule has 0 aliphatic rings. The zero-order chi connectivity index (χ0) is 11.4. The quantitative estimate of drug-likeness (QED) is 0.618. The highest BCUT2D eigenvalue weighted by molar-refractivity contribution is 5.84. The molecule has 0 radical (unpaired) electrons. The number of nitrogens with two attached hydrogens (primary N) is 1. The fourth-order valence-electron chi connectivity index (χ4n) is 0.877. The summed E-state index contributed by atoms with van der Waals surface area (Å²) in [5, 5.41) is 2.68. The first-order valence-electron chi connectivity index (χ1n) is 4.44. The molecule has 0 aromatic carbocycles. The summed E-state index contributed by atoms with van der Waals surface area (Å²) >= 11 is 0. The second-order valence-electron chi connectivity index (χ2n) is 4.05. The van der Waals surface area contributed by atoms with Gasteiger partial charge in [-0.1, -0.05) is 0 Å². The first-order chi connectivity index (χ1) is 6.26. The van der Waals surface area contributed by atoms with Crippen LogP contribution in [0.4, 0.5) is 0 Å².